The maximum absolute atomic E-state index is 12.4. The van der Waals surface area contributed by atoms with Gasteiger partial charge in [0.2, 0.25) is 5.28 Å². The molecular weight excluding hydrogens is 392 g/mol. The van der Waals surface area contributed by atoms with E-state index in [2.05, 4.69) is 19.8 Å². The van der Waals surface area contributed by atoms with Crippen LogP contribution in [0.2, 0.25) is 5.28 Å². The summed E-state index contributed by atoms with van der Waals surface area (Å²) in [5, 5.41) is 10.1. The van der Waals surface area contributed by atoms with Crippen LogP contribution in [0.25, 0.3) is 10.2 Å². The van der Waals surface area contributed by atoms with Gasteiger partial charge in [0.05, 0.1) is 18.6 Å². The minimum absolute atomic E-state index is 0.155. The monoisotopic (exact) mass is 414 g/mol. The fourth-order valence-corrected chi connectivity index (χ4v) is 4.41. The van der Waals surface area contributed by atoms with Gasteiger partial charge in [-0.1, -0.05) is 0 Å². The lowest BCUT2D eigenvalue weighted by molar-refractivity contribution is 0.0393. The Morgan fingerprint density at radius 1 is 1.26 bits per heavy atom. The van der Waals surface area contributed by atoms with Gasteiger partial charge in [0.25, 0.3) is 0 Å². The fraction of sp³-hybridized carbons (Fsp3) is 0.588. The highest BCUT2D eigenvalue weighted by Gasteiger charge is 2.25. The number of methoxy groups -OCH3 is 1. The lowest BCUT2D eigenvalue weighted by atomic mass is 10.2. The van der Waals surface area contributed by atoms with Crippen LogP contribution in [-0.4, -0.2) is 85.6 Å². The number of esters is 1. The fourth-order valence-electron chi connectivity index (χ4n) is 3.12. The number of aliphatic hydroxyl groups is 1. The number of β-amino-alcohol motifs (C(OH)–C–C–N with tert-alkyl or cyclic N) is 1. The van der Waals surface area contributed by atoms with Crippen molar-refractivity contribution in [2.75, 3.05) is 64.6 Å². The van der Waals surface area contributed by atoms with E-state index in [4.69, 9.17) is 26.2 Å². The number of anilines is 1. The van der Waals surface area contributed by atoms with E-state index in [1.165, 1.54) is 11.3 Å². The number of ether oxygens (including phenoxy) is 2. The van der Waals surface area contributed by atoms with E-state index in [1.54, 1.807) is 7.11 Å². The predicted molar refractivity (Wildman–Crippen MR) is 105 cm³/mol. The Morgan fingerprint density at radius 3 is 2.67 bits per heavy atom. The van der Waals surface area contributed by atoms with Gasteiger partial charge in [-0.05, 0) is 24.1 Å². The number of carbonyl (C=O) groups excluding carboxylic acids is 1. The summed E-state index contributed by atoms with van der Waals surface area (Å²) in [5.74, 6) is 0.362. The van der Waals surface area contributed by atoms with Gasteiger partial charge < -0.3 is 19.5 Å². The normalized spacial score (nSPS) is 15.5. The molecule has 10 heteroatoms. The maximum Gasteiger partial charge on any atom is 0.348 e. The summed E-state index contributed by atoms with van der Waals surface area (Å²) in [4.78, 5) is 26.7. The molecule has 0 bridgehead atoms. The van der Waals surface area contributed by atoms with Gasteiger partial charge in [0.15, 0.2) is 0 Å². The molecule has 8 nitrogen and oxygen atoms in total. The van der Waals surface area contributed by atoms with Crippen LogP contribution in [0.15, 0.2) is 0 Å². The largest absolute Gasteiger partial charge is 0.459 e. The molecule has 1 N–H and O–H groups in total. The second kappa shape index (κ2) is 9.11. The van der Waals surface area contributed by atoms with E-state index in [-0.39, 0.29) is 24.5 Å². The summed E-state index contributed by atoms with van der Waals surface area (Å²) in [6, 6.07) is 0. The SMILES string of the molecule is COCCOC(=O)c1sc2nc(Cl)nc(N3CCN(CCO)CC3)c2c1C. The molecule has 2 aromatic rings. The molecule has 2 aromatic heterocycles. The van der Waals surface area contributed by atoms with Crippen molar-refractivity contribution in [3.8, 4) is 0 Å². The first-order valence-electron chi connectivity index (χ1n) is 8.76. The molecule has 1 aliphatic rings. The van der Waals surface area contributed by atoms with Gasteiger partial charge in [-0.15, -0.1) is 11.3 Å². The van der Waals surface area contributed by atoms with Crippen LogP contribution in [0.5, 0.6) is 0 Å². The number of carbonyl (C=O) groups is 1. The van der Waals surface area contributed by atoms with Crippen molar-refractivity contribution < 1.29 is 19.4 Å². The average molecular weight is 415 g/mol. The molecule has 0 spiro atoms. The number of hydrogen-bond acceptors (Lipinski definition) is 9. The van der Waals surface area contributed by atoms with Gasteiger partial charge in [0, 0.05) is 39.8 Å². The zero-order valence-corrected chi connectivity index (χ0v) is 17.0. The Kier molecular flexibility index (Phi) is 6.83. The van der Waals surface area contributed by atoms with Crippen LogP contribution >= 0.6 is 22.9 Å². The number of thiophene rings is 1. The third kappa shape index (κ3) is 4.49. The summed E-state index contributed by atoms with van der Waals surface area (Å²) >= 11 is 7.42. The Hall–Kier alpha value is -1.52. The van der Waals surface area contributed by atoms with Crippen molar-refractivity contribution in [3.63, 3.8) is 0 Å². The van der Waals surface area contributed by atoms with Crippen molar-refractivity contribution in [1.82, 2.24) is 14.9 Å². The number of fused-ring (bicyclic) bond motifs is 1. The van der Waals surface area contributed by atoms with E-state index in [1.807, 2.05) is 6.92 Å². The zero-order chi connectivity index (χ0) is 19.4. The number of halogens is 1. The first-order valence-corrected chi connectivity index (χ1v) is 9.95. The van der Waals surface area contributed by atoms with Gasteiger partial charge in [-0.25, -0.2) is 9.78 Å². The van der Waals surface area contributed by atoms with Crippen molar-refractivity contribution in [3.05, 3.63) is 15.7 Å². The van der Waals surface area contributed by atoms with Crippen LogP contribution in [0, 0.1) is 6.92 Å². The van der Waals surface area contributed by atoms with Crippen LogP contribution in [0.1, 0.15) is 15.2 Å². The van der Waals surface area contributed by atoms with Gasteiger partial charge >= 0.3 is 5.97 Å². The Balaban J connectivity index is 1.89. The molecule has 3 heterocycles. The Labute approximate surface area is 166 Å². The minimum Gasteiger partial charge on any atom is -0.459 e. The maximum atomic E-state index is 12.4. The molecular formula is C17H23ClN4O4S. The third-order valence-electron chi connectivity index (χ3n) is 4.54. The van der Waals surface area contributed by atoms with Gasteiger partial charge in [-0.3, -0.25) is 4.90 Å². The van der Waals surface area contributed by atoms with E-state index in [9.17, 15) is 4.79 Å². The Bertz CT molecular complexity index is 808. The van der Waals surface area contributed by atoms with Crippen molar-refractivity contribution >= 4 is 44.9 Å². The number of rotatable bonds is 7. The zero-order valence-electron chi connectivity index (χ0n) is 15.4. The highest BCUT2D eigenvalue weighted by molar-refractivity contribution is 7.20. The van der Waals surface area contributed by atoms with Crippen LogP contribution in [-0.2, 0) is 9.47 Å². The van der Waals surface area contributed by atoms with Crippen molar-refractivity contribution in [1.29, 1.82) is 0 Å². The quantitative estimate of drug-likeness (QED) is 0.415. The molecule has 148 valence electrons. The molecule has 0 atom stereocenters. The number of hydrogen-bond donors (Lipinski definition) is 1. The predicted octanol–water partition coefficient (Wildman–Crippen LogP) is 1.57. The topological polar surface area (TPSA) is 88.0 Å². The molecule has 0 radical (unpaired) electrons. The minimum atomic E-state index is -0.387. The average Bonchev–Trinajstić information content (AvgIpc) is 2.98. The second-order valence-corrected chi connectivity index (χ2v) is 7.57. The van der Waals surface area contributed by atoms with Crippen LogP contribution in [0.4, 0.5) is 5.82 Å². The number of aromatic nitrogens is 2. The number of nitrogens with zero attached hydrogens (tertiary/aromatic N) is 4. The Morgan fingerprint density at radius 2 is 2.00 bits per heavy atom. The van der Waals surface area contributed by atoms with E-state index in [0.717, 1.165) is 42.9 Å². The standard InChI is InChI=1S/C17H23ClN4O4S/c1-11-12-14(22-5-3-21(4-6-22)7-8-23)19-17(18)20-15(12)27-13(11)16(24)26-10-9-25-2/h23H,3-10H2,1-2H3. The highest BCUT2D eigenvalue weighted by Crippen LogP contribution is 2.36. The lowest BCUT2D eigenvalue weighted by Gasteiger charge is -2.35. The van der Waals surface area contributed by atoms with E-state index >= 15 is 0 Å². The number of piperazine rings is 1. The molecule has 1 aliphatic heterocycles. The summed E-state index contributed by atoms with van der Waals surface area (Å²) in [7, 11) is 1.56. The number of aliphatic hydroxyl groups excluding tert-OH is 1. The third-order valence-corrected chi connectivity index (χ3v) is 5.87. The lowest BCUT2D eigenvalue weighted by Crippen LogP contribution is -2.47. The van der Waals surface area contributed by atoms with E-state index < -0.39 is 0 Å². The second-order valence-electron chi connectivity index (χ2n) is 6.23. The number of aryl methyl sites for hydroxylation is 1. The molecule has 0 aliphatic carbocycles. The summed E-state index contributed by atoms with van der Waals surface area (Å²) in [6.45, 7) is 6.47. The molecule has 0 amide bonds. The first kappa shape index (κ1) is 20.2. The van der Waals surface area contributed by atoms with E-state index in [0.29, 0.717) is 22.9 Å². The molecule has 1 fully saturated rings. The molecule has 0 unspecified atom stereocenters. The van der Waals surface area contributed by atoms with Gasteiger partial charge in [-0.2, -0.15) is 4.98 Å². The summed E-state index contributed by atoms with van der Waals surface area (Å²) in [6.07, 6.45) is 0. The van der Waals surface area contributed by atoms with Crippen LogP contribution in [0.3, 0.4) is 0 Å². The van der Waals surface area contributed by atoms with Crippen LogP contribution < -0.4 is 4.90 Å². The summed E-state index contributed by atoms with van der Waals surface area (Å²) in [5.41, 5.74) is 0.807. The highest BCUT2D eigenvalue weighted by atomic mass is 35.5. The molecule has 3 rings (SSSR count). The smallest absolute Gasteiger partial charge is 0.348 e. The van der Waals surface area contributed by atoms with Crippen molar-refractivity contribution in [2.45, 2.75) is 6.92 Å². The molecule has 27 heavy (non-hydrogen) atoms. The molecule has 1 saturated heterocycles. The molecule has 0 aromatic carbocycles. The van der Waals surface area contributed by atoms with Crippen molar-refractivity contribution in [2.24, 2.45) is 0 Å². The van der Waals surface area contributed by atoms with Gasteiger partial charge in [0.1, 0.15) is 22.1 Å². The first-order chi connectivity index (χ1) is 13.0. The molecule has 0 saturated carbocycles. The summed E-state index contributed by atoms with van der Waals surface area (Å²) < 4.78 is 10.2.